The maximum atomic E-state index is 13.9. The van der Waals surface area contributed by atoms with Crippen LogP contribution in [0.3, 0.4) is 0 Å². The van der Waals surface area contributed by atoms with E-state index in [0.717, 1.165) is 54.9 Å². The average molecular weight is 872 g/mol. The van der Waals surface area contributed by atoms with Crippen LogP contribution < -0.4 is 26.4 Å². The Morgan fingerprint density at radius 3 is 2.39 bits per heavy atom. The van der Waals surface area contributed by atoms with Crippen molar-refractivity contribution in [2.45, 2.75) is 57.0 Å². The lowest BCUT2D eigenvalue weighted by atomic mass is 9.86. The zero-order valence-corrected chi connectivity index (χ0v) is 35.6. The van der Waals surface area contributed by atoms with Crippen LogP contribution in [0.2, 0.25) is 0 Å². The number of carbonyl (C=O) groups is 6. The molecule has 5 aliphatic heterocycles. The van der Waals surface area contributed by atoms with Gasteiger partial charge in [0, 0.05) is 56.9 Å². The molecular formula is C47H53N9O8. The van der Waals surface area contributed by atoms with Crippen molar-refractivity contribution >= 4 is 46.9 Å². The fraction of sp³-hybridized carbons (Fsp3) is 0.426. The third-order valence-electron chi connectivity index (χ3n) is 13.1. The van der Waals surface area contributed by atoms with E-state index in [1.807, 2.05) is 64.2 Å². The summed E-state index contributed by atoms with van der Waals surface area (Å²) in [6.45, 7) is 5.52. The van der Waals surface area contributed by atoms with Crippen molar-refractivity contribution < 1.29 is 38.2 Å². The fourth-order valence-electron chi connectivity index (χ4n) is 9.92. The number of primary amides is 1. The van der Waals surface area contributed by atoms with Gasteiger partial charge in [-0.15, -0.1) is 0 Å². The smallest absolute Gasteiger partial charge is 0.264 e. The maximum absolute atomic E-state index is 13.9. The molecule has 2 unspecified atom stereocenters. The third kappa shape index (κ3) is 8.69. The summed E-state index contributed by atoms with van der Waals surface area (Å²) in [6.07, 6.45) is 4.48. The van der Waals surface area contributed by atoms with Gasteiger partial charge in [-0.2, -0.15) is 5.10 Å². The van der Waals surface area contributed by atoms with E-state index in [0.29, 0.717) is 81.0 Å². The molecule has 17 nitrogen and oxygen atoms in total. The molecule has 9 rings (SSSR count). The molecule has 0 saturated carbocycles. The Balaban J connectivity index is 0.736. The minimum atomic E-state index is -1.03. The molecule has 0 spiro atoms. The largest absolute Gasteiger partial charge is 0.457 e. The minimum Gasteiger partial charge on any atom is -0.457 e. The monoisotopic (exact) mass is 871 g/mol. The first-order chi connectivity index (χ1) is 31.1. The molecule has 0 aliphatic carbocycles. The molecule has 0 radical (unpaired) electrons. The van der Waals surface area contributed by atoms with Gasteiger partial charge < -0.3 is 35.6 Å². The first-order valence-electron chi connectivity index (χ1n) is 22.3. The van der Waals surface area contributed by atoms with Crippen LogP contribution >= 0.6 is 0 Å². The second-order valence-corrected chi connectivity index (χ2v) is 17.1. The van der Waals surface area contributed by atoms with Gasteiger partial charge in [0.15, 0.2) is 0 Å². The molecule has 4 aromatic rings. The van der Waals surface area contributed by atoms with Crippen LogP contribution in [0.25, 0.3) is 11.3 Å². The number of rotatable bonds is 14. The van der Waals surface area contributed by atoms with E-state index in [2.05, 4.69) is 20.9 Å². The zero-order valence-electron chi connectivity index (χ0n) is 35.6. The molecule has 3 aromatic carbocycles. The summed E-state index contributed by atoms with van der Waals surface area (Å²) in [5.74, 6) is -0.239. The number of imide groups is 2. The quantitative estimate of drug-likeness (QED) is 0.103. The van der Waals surface area contributed by atoms with E-state index >= 15 is 0 Å². The van der Waals surface area contributed by atoms with Crippen molar-refractivity contribution in [2.24, 2.45) is 17.6 Å². The van der Waals surface area contributed by atoms with Gasteiger partial charge in [0.25, 0.3) is 17.7 Å². The van der Waals surface area contributed by atoms with Gasteiger partial charge in [0.2, 0.25) is 17.7 Å². The number of aromatic nitrogens is 2. The molecular weight excluding hydrogens is 819 g/mol. The molecule has 1 aromatic heterocycles. The van der Waals surface area contributed by atoms with Crippen molar-refractivity contribution in [3.8, 4) is 22.8 Å². The van der Waals surface area contributed by atoms with Gasteiger partial charge in [0.1, 0.15) is 34.6 Å². The lowest BCUT2D eigenvalue weighted by molar-refractivity contribution is -0.139. The molecule has 0 bridgehead atoms. The second kappa shape index (κ2) is 18.6. The van der Waals surface area contributed by atoms with E-state index in [1.165, 1.54) is 0 Å². The SMILES string of the molecule is NC(=O)c1c(-c2ccc(Oc3ccccc3)cc2)nn2c1NCC[C@H]2C1CCN(C(=O)C2CCCN(CCOCCNc3cccc4c3C(=O)N(C3CCC(=O)NC3=O)C4=O)C2)CC1. The van der Waals surface area contributed by atoms with Crippen LogP contribution in [0, 0.1) is 11.8 Å². The Morgan fingerprint density at radius 1 is 0.844 bits per heavy atom. The van der Waals surface area contributed by atoms with Gasteiger partial charge >= 0.3 is 0 Å². The van der Waals surface area contributed by atoms with Crippen molar-refractivity contribution in [2.75, 3.05) is 69.7 Å². The van der Waals surface area contributed by atoms with E-state index < -0.39 is 35.6 Å². The van der Waals surface area contributed by atoms with Crippen molar-refractivity contribution in [1.29, 1.82) is 0 Å². The Bertz CT molecular complexity index is 2430. The first-order valence-corrected chi connectivity index (χ1v) is 22.3. The number of fused-ring (bicyclic) bond motifs is 2. The first kappa shape index (κ1) is 42.7. The summed E-state index contributed by atoms with van der Waals surface area (Å²) in [6, 6.07) is 21.1. The molecule has 5 aliphatic rings. The number of ether oxygens (including phenoxy) is 2. The number of benzene rings is 3. The van der Waals surface area contributed by atoms with Gasteiger partial charge in [-0.3, -0.25) is 39.0 Å². The number of hydrogen-bond acceptors (Lipinski definition) is 12. The molecule has 3 atom stereocenters. The van der Waals surface area contributed by atoms with Crippen LogP contribution in [0.1, 0.15) is 82.1 Å². The van der Waals surface area contributed by atoms with Gasteiger partial charge in [-0.05, 0) is 99.5 Å². The number of nitrogens with two attached hydrogens (primary N) is 1. The predicted molar refractivity (Wildman–Crippen MR) is 236 cm³/mol. The Labute approximate surface area is 370 Å². The topological polar surface area (TPSA) is 211 Å². The molecule has 17 heteroatoms. The summed E-state index contributed by atoms with van der Waals surface area (Å²) in [4.78, 5) is 82.7. The van der Waals surface area contributed by atoms with E-state index in [4.69, 9.17) is 20.3 Å². The molecule has 3 saturated heterocycles. The summed E-state index contributed by atoms with van der Waals surface area (Å²) >= 11 is 0. The molecule has 3 fully saturated rings. The van der Waals surface area contributed by atoms with Crippen molar-refractivity contribution in [3.05, 3.63) is 89.5 Å². The highest BCUT2D eigenvalue weighted by Gasteiger charge is 2.46. The predicted octanol–water partition coefficient (Wildman–Crippen LogP) is 4.28. The molecule has 6 heterocycles. The lowest BCUT2D eigenvalue weighted by Crippen LogP contribution is -2.54. The van der Waals surface area contributed by atoms with Crippen molar-refractivity contribution in [1.82, 2.24) is 29.8 Å². The molecule has 5 N–H and O–H groups in total. The minimum absolute atomic E-state index is 0.0582. The normalized spacial score (nSPS) is 21.5. The summed E-state index contributed by atoms with van der Waals surface area (Å²) in [7, 11) is 0. The maximum Gasteiger partial charge on any atom is 0.264 e. The van der Waals surface area contributed by atoms with Crippen LogP contribution in [-0.2, 0) is 19.1 Å². The molecule has 6 amide bonds. The van der Waals surface area contributed by atoms with Gasteiger partial charge in [-0.1, -0.05) is 24.3 Å². The highest BCUT2D eigenvalue weighted by atomic mass is 16.5. The van der Waals surface area contributed by atoms with Crippen LogP contribution in [0.4, 0.5) is 11.5 Å². The summed E-state index contributed by atoms with van der Waals surface area (Å²) < 4.78 is 13.9. The second-order valence-electron chi connectivity index (χ2n) is 17.1. The fourth-order valence-corrected chi connectivity index (χ4v) is 9.92. The number of nitrogens with zero attached hydrogens (tertiary/aromatic N) is 5. The number of piperidine rings is 3. The van der Waals surface area contributed by atoms with Crippen LogP contribution in [-0.4, -0.2) is 125 Å². The van der Waals surface area contributed by atoms with Crippen molar-refractivity contribution in [3.63, 3.8) is 0 Å². The summed E-state index contributed by atoms with van der Waals surface area (Å²) in [5, 5.41) is 13.8. The number of hydrogen-bond donors (Lipinski definition) is 4. The van der Waals surface area contributed by atoms with E-state index in [9.17, 15) is 28.8 Å². The van der Waals surface area contributed by atoms with E-state index in [-0.39, 0.29) is 47.8 Å². The Kier molecular flexibility index (Phi) is 12.4. The van der Waals surface area contributed by atoms with E-state index in [1.54, 1.807) is 18.2 Å². The number of anilines is 2. The van der Waals surface area contributed by atoms with Crippen LogP contribution in [0.15, 0.2) is 72.8 Å². The number of amides is 6. The molecule has 64 heavy (non-hydrogen) atoms. The Morgan fingerprint density at radius 2 is 1.62 bits per heavy atom. The zero-order chi connectivity index (χ0) is 44.3. The van der Waals surface area contributed by atoms with Crippen LogP contribution in [0.5, 0.6) is 11.5 Å². The lowest BCUT2D eigenvalue weighted by Gasteiger charge is -2.40. The number of nitrogens with one attached hydrogen (secondary N) is 3. The number of para-hydroxylation sites is 1. The number of carbonyl (C=O) groups excluding carboxylic acids is 6. The summed E-state index contributed by atoms with van der Waals surface area (Å²) in [5.41, 5.74) is 8.58. The standard InChI is InChI=1S/C47H53N9O8/c48-42(58)40-41(30-11-13-33(14-12-30)64-32-7-2-1-3-8-32)52-56-36(17-20-50-43(40)56)29-18-23-54(24-19-29)45(60)31-6-5-22-53(28-31)25-27-63-26-21-49-35-10-4-9-34-39(35)47(62)55(46(34)61)37-15-16-38(57)51-44(37)59/h1-4,7-14,29,31,36-37,49-50H,5-6,15-28H2,(H2,48,58)(H,51,57,59)/t31?,36-,37?/m0/s1. The van der Waals surface area contributed by atoms with Gasteiger partial charge in [-0.25, -0.2) is 4.68 Å². The Hall–Kier alpha value is -6.59. The highest BCUT2D eigenvalue weighted by Crippen LogP contribution is 2.41. The molecule has 334 valence electrons. The highest BCUT2D eigenvalue weighted by molar-refractivity contribution is 6.25. The third-order valence-corrected chi connectivity index (χ3v) is 13.1. The average Bonchev–Trinajstić information content (AvgIpc) is 3.83. The number of likely N-dealkylation sites (tertiary alicyclic amines) is 2. The van der Waals surface area contributed by atoms with Gasteiger partial charge in [0.05, 0.1) is 36.3 Å².